The third kappa shape index (κ3) is 2.51. The van der Waals surface area contributed by atoms with Gasteiger partial charge in [-0.15, -0.1) is 0 Å². The van der Waals surface area contributed by atoms with E-state index in [9.17, 15) is 10.1 Å². The smallest absolute Gasteiger partial charge is 0.267 e. The van der Waals surface area contributed by atoms with E-state index in [1.807, 2.05) is 60.7 Å². The molecule has 2 aromatic heterocycles. The van der Waals surface area contributed by atoms with Gasteiger partial charge in [-0.1, -0.05) is 60.1 Å². The largest absolute Gasteiger partial charge is 0.353 e. The number of para-hydroxylation sites is 1. The second kappa shape index (κ2) is 5.97. The van der Waals surface area contributed by atoms with E-state index in [0.29, 0.717) is 22.0 Å². The first-order valence-electron chi connectivity index (χ1n) is 7.68. The Bertz CT molecular complexity index is 1180. The molecular formula is C20H12ClN3O. The average Bonchev–Trinajstić information content (AvgIpc) is 2.99. The zero-order valence-corrected chi connectivity index (χ0v) is 13.8. The van der Waals surface area contributed by atoms with Crippen molar-refractivity contribution < 1.29 is 0 Å². The van der Waals surface area contributed by atoms with Crippen molar-refractivity contribution in [2.75, 3.05) is 0 Å². The van der Waals surface area contributed by atoms with E-state index in [1.165, 1.54) is 0 Å². The number of hydrogen-bond donors (Lipinski definition) is 2. The molecule has 0 fully saturated rings. The Kier molecular flexibility index (Phi) is 3.64. The number of fused-ring (bicyclic) bond motifs is 1. The van der Waals surface area contributed by atoms with Crippen LogP contribution in [0, 0.1) is 11.3 Å². The number of nitrogens with zero attached hydrogens (tertiary/aromatic N) is 1. The lowest BCUT2D eigenvalue weighted by molar-refractivity contribution is 1.21. The van der Waals surface area contributed by atoms with Gasteiger partial charge >= 0.3 is 0 Å². The maximum absolute atomic E-state index is 12.4. The van der Waals surface area contributed by atoms with Crippen LogP contribution in [-0.2, 0) is 0 Å². The monoisotopic (exact) mass is 345 g/mol. The van der Waals surface area contributed by atoms with Crippen LogP contribution in [0.2, 0.25) is 5.02 Å². The fourth-order valence-corrected chi connectivity index (χ4v) is 3.25. The molecule has 120 valence electrons. The van der Waals surface area contributed by atoms with Gasteiger partial charge in [0.2, 0.25) is 0 Å². The summed E-state index contributed by atoms with van der Waals surface area (Å²) in [7, 11) is 0. The topological polar surface area (TPSA) is 72.4 Å². The van der Waals surface area contributed by atoms with Gasteiger partial charge in [-0.3, -0.25) is 4.79 Å². The Balaban J connectivity index is 2.03. The Hall–Kier alpha value is -3.29. The number of hydrogen-bond acceptors (Lipinski definition) is 2. The molecule has 0 unspecified atom stereocenters. The first-order chi connectivity index (χ1) is 12.2. The number of aromatic nitrogens is 2. The summed E-state index contributed by atoms with van der Waals surface area (Å²) in [4.78, 5) is 18.4. The normalized spacial score (nSPS) is 10.7. The number of nitriles is 1. The third-order valence-corrected chi connectivity index (χ3v) is 4.53. The van der Waals surface area contributed by atoms with Crippen LogP contribution in [0.25, 0.3) is 33.4 Å². The standard InChI is InChI=1S/C20H12ClN3O/c21-18-13-8-4-5-9-16(13)23-19(18)14-10-17(12-6-2-1-3-7-12)24-20(25)15(14)11-22/h1-10,23H,(H,24,25). The van der Waals surface area contributed by atoms with Crippen molar-refractivity contribution in [1.29, 1.82) is 5.26 Å². The Morgan fingerprint density at radius 1 is 0.960 bits per heavy atom. The summed E-state index contributed by atoms with van der Waals surface area (Å²) in [6.45, 7) is 0. The SMILES string of the molecule is N#Cc1c(-c2[nH]c3ccccc3c2Cl)cc(-c2ccccc2)[nH]c1=O. The first kappa shape index (κ1) is 15.3. The van der Waals surface area contributed by atoms with E-state index in [2.05, 4.69) is 9.97 Å². The molecule has 4 aromatic rings. The van der Waals surface area contributed by atoms with Gasteiger partial charge in [-0.2, -0.15) is 5.26 Å². The molecule has 0 saturated heterocycles. The number of halogens is 1. The Morgan fingerprint density at radius 2 is 1.68 bits per heavy atom. The second-order valence-corrected chi connectivity index (χ2v) is 6.02. The van der Waals surface area contributed by atoms with Crippen LogP contribution in [0.4, 0.5) is 0 Å². The molecule has 0 atom stereocenters. The lowest BCUT2D eigenvalue weighted by Gasteiger charge is -2.07. The minimum absolute atomic E-state index is 0.0353. The maximum Gasteiger partial charge on any atom is 0.267 e. The lowest BCUT2D eigenvalue weighted by Crippen LogP contribution is -2.12. The second-order valence-electron chi connectivity index (χ2n) is 5.64. The average molecular weight is 346 g/mol. The van der Waals surface area contributed by atoms with E-state index < -0.39 is 5.56 Å². The highest BCUT2D eigenvalue weighted by Gasteiger charge is 2.18. The predicted octanol–water partition coefficient (Wildman–Crippen LogP) is 4.72. The summed E-state index contributed by atoms with van der Waals surface area (Å²) in [6.07, 6.45) is 0. The summed E-state index contributed by atoms with van der Waals surface area (Å²) in [5.41, 5.74) is 3.01. The molecule has 4 nitrogen and oxygen atoms in total. The van der Waals surface area contributed by atoms with Crippen LogP contribution in [-0.4, -0.2) is 9.97 Å². The molecule has 0 saturated carbocycles. The van der Waals surface area contributed by atoms with E-state index >= 15 is 0 Å². The van der Waals surface area contributed by atoms with Gasteiger partial charge in [0, 0.05) is 22.2 Å². The summed E-state index contributed by atoms with van der Waals surface area (Å²) < 4.78 is 0. The zero-order valence-electron chi connectivity index (χ0n) is 13.0. The van der Waals surface area contributed by atoms with Crippen LogP contribution < -0.4 is 5.56 Å². The molecule has 2 N–H and O–H groups in total. The van der Waals surface area contributed by atoms with Gasteiger partial charge < -0.3 is 9.97 Å². The Labute approximate surface area is 148 Å². The molecule has 0 aliphatic carbocycles. The molecule has 0 radical (unpaired) electrons. The van der Waals surface area contributed by atoms with Gasteiger partial charge in [0.15, 0.2) is 0 Å². The van der Waals surface area contributed by atoms with Gasteiger partial charge in [0.25, 0.3) is 5.56 Å². The van der Waals surface area contributed by atoms with Crippen LogP contribution in [0.3, 0.4) is 0 Å². The molecule has 0 bridgehead atoms. The van der Waals surface area contributed by atoms with Gasteiger partial charge in [-0.05, 0) is 17.7 Å². The van der Waals surface area contributed by atoms with E-state index in [4.69, 9.17) is 11.6 Å². The molecule has 25 heavy (non-hydrogen) atoms. The highest BCUT2D eigenvalue weighted by molar-refractivity contribution is 6.38. The number of aromatic amines is 2. The van der Waals surface area contributed by atoms with Crippen molar-refractivity contribution in [3.05, 3.63) is 81.6 Å². The van der Waals surface area contributed by atoms with Crippen molar-refractivity contribution >= 4 is 22.5 Å². The highest BCUT2D eigenvalue weighted by Crippen LogP contribution is 2.36. The molecular weight excluding hydrogens is 334 g/mol. The van der Waals surface area contributed by atoms with Gasteiger partial charge in [0.05, 0.1) is 10.7 Å². The first-order valence-corrected chi connectivity index (χ1v) is 8.06. The molecule has 0 aliphatic heterocycles. The molecule has 5 heteroatoms. The number of H-pyrrole nitrogens is 2. The van der Waals surface area contributed by atoms with E-state index in [-0.39, 0.29) is 5.56 Å². The van der Waals surface area contributed by atoms with Crippen LogP contribution >= 0.6 is 11.6 Å². The highest BCUT2D eigenvalue weighted by atomic mass is 35.5. The van der Waals surface area contributed by atoms with E-state index in [0.717, 1.165) is 16.5 Å². The van der Waals surface area contributed by atoms with Crippen LogP contribution in [0.5, 0.6) is 0 Å². The third-order valence-electron chi connectivity index (χ3n) is 4.14. The van der Waals surface area contributed by atoms with Gasteiger partial charge in [-0.25, -0.2) is 0 Å². The minimum Gasteiger partial charge on any atom is -0.353 e. The van der Waals surface area contributed by atoms with E-state index in [1.54, 1.807) is 6.07 Å². The predicted molar refractivity (Wildman–Crippen MR) is 99.5 cm³/mol. The molecule has 4 rings (SSSR count). The van der Waals surface area contributed by atoms with Crippen molar-refractivity contribution in [2.24, 2.45) is 0 Å². The summed E-state index contributed by atoms with van der Waals surface area (Å²) in [5.74, 6) is 0. The van der Waals surface area contributed by atoms with Crippen molar-refractivity contribution in [1.82, 2.24) is 9.97 Å². The van der Waals surface area contributed by atoms with Crippen LogP contribution in [0.1, 0.15) is 5.56 Å². The minimum atomic E-state index is -0.437. The number of nitrogens with one attached hydrogen (secondary N) is 2. The zero-order chi connectivity index (χ0) is 17.4. The summed E-state index contributed by atoms with van der Waals surface area (Å²) in [6, 6.07) is 20.8. The summed E-state index contributed by atoms with van der Waals surface area (Å²) in [5, 5.41) is 10.8. The fourth-order valence-electron chi connectivity index (χ4n) is 2.93. The molecule has 0 aliphatic rings. The van der Waals surface area contributed by atoms with Gasteiger partial charge in [0.1, 0.15) is 11.6 Å². The molecule has 0 amide bonds. The molecule has 2 heterocycles. The quantitative estimate of drug-likeness (QED) is 0.552. The molecule has 2 aromatic carbocycles. The van der Waals surface area contributed by atoms with Crippen molar-refractivity contribution in [2.45, 2.75) is 0 Å². The lowest BCUT2D eigenvalue weighted by atomic mass is 10.0. The molecule has 0 spiro atoms. The van der Waals surface area contributed by atoms with Crippen molar-refractivity contribution in [3.63, 3.8) is 0 Å². The van der Waals surface area contributed by atoms with Crippen molar-refractivity contribution in [3.8, 4) is 28.6 Å². The summed E-state index contributed by atoms with van der Waals surface area (Å²) >= 11 is 6.52. The maximum atomic E-state index is 12.4. The Morgan fingerprint density at radius 3 is 2.40 bits per heavy atom. The van der Waals surface area contributed by atoms with Crippen LogP contribution in [0.15, 0.2) is 65.5 Å². The number of benzene rings is 2. The fraction of sp³-hybridized carbons (Fsp3) is 0. The number of pyridine rings is 1. The number of rotatable bonds is 2.